The summed E-state index contributed by atoms with van der Waals surface area (Å²) in [6.45, 7) is -0.549. The minimum atomic E-state index is -1.11. The number of fused-ring (bicyclic) bond motifs is 5. The minimum Gasteiger partial charge on any atom is -0.454 e. The third-order valence-electron chi connectivity index (χ3n) is 7.37. The van der Waals surface area contributed by atoms with Crippen molar-refractivity contribution >= 4 is 56.9 Å². The highest BCUT2D eigenvalue weighted by atomic mass is 79.9. The van der Waals surface area contributed by atoms with Gasteiger partial charge in [-0.05, 0) is 70.8 Å². The zero-order valence-corrected chi connectivity index (χ0v) is 21.1. The Bertz CT molecular complexity index is 1160. The molecule has 9 heteroatoms. The number of carbonyl (C=O) groups excluding carboxylic acids is 4. The average Bonchev–Trinajstić information content (AvgIpc) is 3.53. The summed E-state index contributed by atoms with van der Waals surface area (Å²) in [5.41, 5.74) is 1.25. The van der Waals surface area contributed by atoms with Gasteiger partial charge < -0.3 is 10.1 Å². The Morgan fingerprint density at radius 1 is 1.06 bits per heavy atom. The number of likely N-dealkylation sites (tertiary alicyclic amines) is 1. The highest BCUT2D eigenvalue weighted by molar-refractivity contribution is 9.10. The van der Waals surface area contributed by atoms with Crippen molar-refractivity contribution in [2.24, 2.45) is 23.7 Å². The van der Waals surface area contributed by atoms with Crippen molar-refractivity contribution in [3.63, 3.8) is 0 Å². The largest absolute Gasteiger partial charge is 0.454 e. The second-order valence-electron chi connectivity index (χ2n) is 9.42. The Labute approximate surface area is 216 Å². The Balaban J connectivity index is 1.31. The predicted molar refractivity (Wildman–Crippen MR) is 132 cm³/mol. The first-order valence-electron chi connectivity index (χ1n) is 11.7. The molecule has 1 aliphatic heterocycles. The highest BCUT2D eigenvalue weighted by Crippen LogP contribution is 2.56. The molecule has 1 N–H and O–H groups in total. The van der Waals surface area contributed by atoms with Crippen LogP contribution in [0.2, 0.25) is 5.02 Å². The van der Waals surface area contributed by atoms with Crippen LogP contribution in [0, 0.1) is 23.7 Å². The topological polar surface area (TPSA) is 92.8 Å². The standard InChI is InChI=1S/C26H24BrClN2O5/c27-18-9-8-17(12-19(18)28)29-21(31)13-35-26(34)20(10-14-4-2-1-3-5-14)30-24(32)22-15-6-7-16(11-15)23(22)25(30)33/h1-5,8-9,12,15-16,20,22-23H,6-7,10-11,13H2,(H,29,31)/t15-,16-,20-,22-,23-/m0/s1. The molecule has 7 nitrogen and oxygen atoms in total. The molecule has 2 bridgehead atoms. The van der Waals surface area contributed by atoms with Crippen LogP contribution < -0.4 is 5.32 Å². The zero-order valence-electron chi connectivity index (χ0n) is 18.8. The van der Waals surface area contributed by atoms with E-state index in [4.69, 9.17) is 16.3 Å². The van der Waals surface area contributed by atoms with Crippen LogP contribution in [-0.4, -0.2) is 41.2 Å². The summed E-state index contributed by atoms with van der Waals surface area (Å²) >= 11 is 9.34. The number of anilines is 1. The van der Waals surface area contributed by atoms with Gasteiger partial charge in [0.2, 0.25) is 11.8 Å². The number of rotatable bonds is 7. The molecule has 3 fully saturated rings. The van der Waals surface area contributed by atoms with Gasteiger partial charge in [0, 0.05) is 16.6 Å². The van der Waals surface area contributed by atoms with Crippen LogP contribution in [0.25, 0.3) is 0 Å². The molecule has 0 radical (unpaired) electrons. The zero-order chi connectivity index (χ0) is 24.7. The molecule has 1 saturated heterocycles. The molecule has 0 unspecified atom stereocenters. The number of amides is 3. The van der Waals surface area contributed by atoms with Crippen molar-refractivity contribution in [1.29, 1.82) is 0 Å². The Morgan fingerprint density at radius 3 is 2.34 bits per heavy atom. The van der Waals surface area contributed by atoms with Crippen molar-refractivity contribution in [2.75, 3.05) is 11.9 Å². The van der Waals surface area contributed by atoms with Crippen molar-refractivity contribution in [3.05, 3.63) is 63.6 Å². The predicted octanol–water partition coefficient (Wildman–Crippen LogP) is 4.23. The molecular formula is C26H24BrClN2O5. The van der Waals surface area contributed by atoms with Gasteiger partial charge in [-0.25, -0.2) is 4.79 Å². The average molecular weight is 560 g/mol. The number of hydrogen-bond donors (Lipinski definition) is 1. The van der Waals surface area contributed by atoms with E-state index < -0.39 is 24.5 Å². The lowest BCUT2D eigenvalue weighted by Crippen LogP contribution is -2.48. The molecule has 3 aliphatic rings. The van der Waals surface area contributed by atoms with Crippen LogP contribution in [0.15, 0.2) is 53.0 Å². The van der Waals surface area contributed by atoms with Crippen LogP contribution >= 0.6 is 27.5 Å². The third kappa shape index (κ3) is 4.61. The van der Waals surface area contributed by atoms with E-state index in [0.29, 0.717) is 15.2 Å². The van der Waals surface area contributed by atoms with Crippen LogP contribution in [0.3, 0.4) is 0 Å². The number of esters is 1. The van der Waals surface area contributed by atoms with E-state index in [1.807, 2.05) is 30.3 Å². The lowest BCUT2D eigenvalue weighted by Gasteiger charge is -2.26. The van der Waals surface area contributed by atoms with Crippen molar-refractivity contribution < 1.29 is 23.9 Å². The highest BCUT2D eigenvalue weighted by Gasteiger charge is 2.62. The molecule has 5 rings (SSSR count). The van der Waals surface area contributed by atoms with E-state index in [9.17, 15) is 19.2 Å². The Kier molecular flexibility index (Phi) is 6.68. The molecule has 182 valence electrons. The summed E-state index contributed by atoms with van der Waals surface area (Å²) in [6, 6.07) is 13.0. The second kappa shape index (κ2) is 9.74. The Hall–Kier alpha value is -2.71. The van der Waals surface area contributed by atoms with Crippen LogP contribution in [0.5, 0.6) is 0 Å². The lowest BCUT2D eigenvalue weighted by atomic mass is 9.81. The number of imide groups is 1. The maximum atomic E-state index is 13.4. The van der Waals surface area contributed by atoms with Crippen molar-refractivity contribution in [2.45, 2.75) is 31.7 Å². The number of benzene rings is 2. The van der Waals surface area contributed by atoms with Crippen LogP contribution in [0.4, 0.5) is 5.69 Å². The summed E-state index contributed by atoms with van der Waals surface area (Å²) < 4.78 is 6.01. The van der Waals surface area contributed by atoms with Gasteiger partial charge in [-0.1, -0.05) is 41.9 Å². The molecule has 1 heterocycles. The SMILES string of the molecule is O=C(COC(=O)[C@H](Cc1ccccc1)N1C(=O)[C@H]2[C@H]3CC[C@@H](C3)[C@@H]2C1=O)Nc1ccc(Br)c(Cl)c1. The van der Waals surface area contributed by atoms with Gasteiger partial charge in [0.25, 0.3) is 5.91 Å². The second-order valence-corrected chi connectivity index (χ2v) is 10.7. The van der Waals surface area contributed by atoms with Crippen LogP contribution in [-0.2, 0) is 30.3 Å². The maximum absolute atomic E-state index is 13.4. The number of halogens is 2. The first-order valence-corrected chi connectivity index (χ1v) is 12.8. The van der Waals surface area contributed by atoms with Crippen molar-refractivity contribution in [1.82, 2.24) is 4.90 Å². The number of nitrogens with one attached hydrogen (secondary N) is 1. The maximum Gasteiger partial charge on any atom is 0.330 e. The molecule has 35 heavy (non-hydrogen) atoms. The molecule has 3 amide bonds. The molecule has 2 aliphatic carbocycles. The monoisotopic (exact) mass is 558 g/mol. The van der Waals surface area contributed by atoms with Gasteiger partial charge in [0.1, 0.15) is 6.04 Å². The summed E-state index contributed by atoms with van der Waals surface area (Å²) in [6.07, 6.45) is 2.95. The molecule has 2 saturated carbocycles. The molecule has 2 aromatic carbocycles. The molecule has 5 atom stereocenters. The van der Waals surface area contributed by atoms with E-state index >= 15 is 0 Å². The summed E-state index contributed by atoms with van der Waals surface area (Å²) in [4.78, 5) is 53.5. The number of ether oxygens (including phenoxy) is 1. The fourth-order valence-electron chi connectivity index (χ4n) is 5.86. The normalized spacial score (nSPS) is 25.5. The first kappa shape index (κ1) is 24.0. The lowest BCUT2D eigenvalue weighted by molar-refractivity contribution is -0.160. The fraction of sp³-hybridized carbons (Fsp3) is 0.385. The summed E-state index contributed by atoms with van der Waals surface area (Å²) in [5.74, 6) is -2.13. The van der Waals surface area contributed by atoms with Gasteiger partial charge in [0.15, 0.2) is 6.61 Å². The van der Waals surface area contributed by atoms with Gasteiger partial charge in [-0.3, -0.25) is 19.3 Å². The summed E-state index contributed by atoms with van der Waals surface area (Å²) in [7, 11) is 0. The molecule has 0 spiro atoms. The fourth-order valence-corrected chi connectivity index (χ4v) is 6.29. The van der Waals surface area contributed by atoms with Crippen molar-refractivity contribution in [3.8, 4) is 0 Å². The third-order valence-corrected chi connectivity index (χ3v) is 8.60. The number of nitrogens with zero attached hydrogens (tertiary/aromatic N) is 1. The van der Waals surface area contributed by atoms with Gasteiger partial charge in [-0.2, -0.15) is 0 Å². The van der Waals surface area contributed by atoms with E-state index in [0.717, 1.165) is 29.7 Å². The first-order chi connectivity index (χ1) is 16.8. The number of hydrogen-bond acceptors (Lipinski definition) is 5. The molecular weight excluding hydrogens is 536 g/mol. The van der Waals surface area contributed by atoms with E-state index in [1.165, 1.54) is 0 Å². The van der Waals surface area contributed by atoms with E-state index in [-0.39, 0.29) is 41.9 Å². The Morgan fingerprint density at radius 2 is 1.71 bits per heavy atom. The molecule has 2 aromatic rings. The minimum absolute atomic E-state index is 0.135. The molecule has 0 aromatic heterocycles. The van der Waals surface area contributed by atoms with Gasteiger partial charge >= 0.3 is 5.97 Å². The number of carbonyl (C=O) groups is 4. The van der Waals surface area contributed by atoms with E-state index in [1.54, 1.807) is 18.2 Å². The quantitative estimate of drug-likeness (QED) is 0.405. The van der Waals surface area contributed by atoms with Crippen LogP contribution in [0.1, 0.15) is 24.8 Å². The van der Waals surface area contributed by atoms with Gasteiger partial charge in [0.05, 0.1) is 16.9 Å². The smallest absolute Gasteiger partial charge is 0.330 e. The van der Waals surface area contributed by atoms with E-state index in [2.05, 4.69) is 21.2 Å². The van der Waals surface area contributed by atoms with Gasteiger partial charge in [-0.15, -0.1) is 0 Å². The summed E-state index contributed by atoms with van der Waals surface area (Å²) in [5, 5.41) is 3.05.